The number of likely N-dealkylation sites (N-methyl/N-ethyl adjacent to an activating group) is 2. The van der Waals surface area contributed by atoms with Crippen LogP contribution < -0.4 is 4.74 Å². The number of fused-ring (bicyclic) bond motifs is 2. The first-order chi connectivity index (χ1) is 11.8. The Balaban J connectivity index is 1.84. The van der Waals surface area contributed by atoms with Gasteiger partial charge in [0, 0.05) is 34.2 Å². The van der Waals surface area contributed by atoms with Crippen molar-refractivity contribution in [3.05, 3.63) is 24.3 Å². The van der Waals surface area contributed by atoms with Crippen molar-refractivity contribution in [1.82, 2.24) is 14.1 Å². The van der Waals surface area contributed by atoms with Crippen LogP contribution in [0.15, 0.2) is 29.2 Å². The predicted octanol–water partition coefficient (Wildman–Crippen LogP) is 0.621. The minimum absolute atomic E-state index is 0.0503. The van der Waals surface area contributed by atoms with Gasteiger partial charge in [0.2, 0.25) is 15.9 Å². The molecule has 1 fully saturated rings. The van der Waals surface area contributed by atoms with Crippen LogP contribution in [0.25, 0.3) is 0 Å². The fraction of sp³-hybridized carbons (Fsp3) is 0.588. The molecular weight excluding hydrogens is 342 g/mol. The van der Waals surface area contributed by atoms with Gasteiger partial charge in [-0.2, -0.15) is 4.31 Å². The molecule has 1 aromatic rings. The Bertz CT molecular complexity index is 750. The molecule has 0 aromatic heterocycles. The summed E-state index contributed by atoms with van der Waals surface area (Å²) in [6.07, 6.45) is 1.09. The molecule has 1 amide bonds. The highest BCUT2D eigenvalue weighted by Crippen LogP contribution is 2.35. The molecule has 0 aliphatic carbocycles. The van der Waals surface area contributed by atoms with E-state index in [1.54, 1.807) is 50.3 Å². The summed E-state index contributed by atoms with van der Waals surface area (Å²) in [5, 5.41) is 0. The zero-order valence-electron chi connectivity index (χ0n) is 14.9. The Morgan fingerprint density at radius 1 is 1.24 bits per heavy atom. The van der Waals surface area contributed by atoms with Crippen molar-refractivity contribution in [2.75, 3.05) is 40.8 Å². The number of likely N-dealkylation sites (tertiary alicyclic amines) is 1. The number of para-hydroxylation sites is 1. The van der Waals surface area contributed by atoms with E-state index in [1.807, 2.05) is 0 Å². The van der Waals surface area contributed by atoms with Gasteiger partial charge in [-0.1, -0.05) is 12.1 Å². The largest absolute Gasteiger partial charge is 0.487 e. The fourth-order valence-corrected chi connectivity index (χ4v) is 4.94. The van der Waals surface area contributed by atoms with Crippen molar-refractivity contribution in [2.45, 2.75) is 29.9 Å². The molecule has 0 unspecified atom stereocenters. The predicted molar refractivity (Wildman–Crippen MR) is 94.0 cm³/mol. The molecule has 0 N–H and O–H groups in total. The van der Waals surface area contributed by atoms with E-state index in [4.69, 9.17) is 4.74 Å². The van der Waals surface area contributed by atoms with E-state index in [2.05, 4.69) is 4.90 Å². The van der Waals surface area contributed by atoms with Crippen molar-refractivity contribution in [3.8, 4) is 5.75 Å². The van der Waals surface area contributed by atoms with E-state index in [9.17, 15) is 13.2 Å². The molecule has 0 radical (unpaired) electrons. The zero-order valence-corrected chi connectivity index (χ0v) is 15.7. The average molecular weight is 367 g/mol. The van der Waals surface area contributed by atoms with Crippen LogP contribution in [0.5, 0.6) is 5.75 Å². The quantitative estimate of drug-likeness (QED) is 0.766. The Morgan fingerprint density at radius 3 is 2.64 bits per heavy atom. The third-order valence-corrected chi connectivity index (χ3v) is 6.93. The Morgan fingerprint density at radius 2 is 1.92 bits per heavy atom. The molecule has 1 aromatic carbocycles. The van der Waals surface area contributed by atoms with Crippen LogP contribution >= 0.6 is 0 Å². The summed E-state index contributed by atoms with van der Waals surface area (Å²) in [7, 11) is 1.52. The first-order valence-electron chi connectivity index (χ1n) is 8.47. The Hall–Kier alpha value is -1.64. The average Bonchev–Trinajstić information content (AvgIpc) is 2.80. The van der Waals surface area contributed by atoms with Gasteiger partial charge >= 0.3 is 0 Å². The highest BCUT2D eigenvalue weighted by molar-refractivity contribution is 7.89. The lowest BCUT2D eigenvalue weighted by molar-refractivity contribution is -0.129. The second-order valence-corrected chi connectivity index (χ2v) is 8.80. The van der Waals surface area contributed by atoms with E-state index in [0.29, 0.717) is 38.2 Å². The first kappa shape index (κ1) is 18.2. The number of amides is 1. The summed E-state index contributed by atoms with van der Waals surface area (Å²) in [4.78, 5) is 15.8. The van der Waals surface area contributed by atoms with Crippen molar-refractivity contribution < 1.29 is 17.9 Å². The van der Waals surface area contributed by atoms with Crippen LogP contribution in [0.1, 0.15) is 12.8 Å². The first-order valence-corrected chi connectivity index (χ1v) is 9.91. The van der Waals surface area contributed by atoms with Crippen LogP contribution in [-0.4, -0.2) is 81.4 Å². The number of sulfonamides is 1. The Labute approximate surface area is 149 Å². The van der Waals surface area contributed by atoms with Gasteiger partial charge in [-0.3, -0.25) is 9.69 Å². The molecular formula is C17H25N3O4S. The number of carbonyl (C=O) groups excluding carboxylic acids is 1. The van der Waals surface area contributed by atoms with E-state index >= 15 is 0 Å². The van der Waals surface area contributed by atoms with Gasteiger partial charge in [-0.25, -0.2) is 8.42 Å². The van der Waals surface area contributed by atoms with Gasteiger partial charge in [0.25, 0.3) is 0 Å². The normalized spacial score (nSPS) is 26.5. The summed E-state index contributed by atoms with van der Waals surface area (Å²) in [5.41, 5.74) is 0. The highest BCUT2D eigenvalue weighted by atomic mass is 32.2. The number of rotatable bonds is 2. The van der Waals surface area contributed by atoms with Crippen LogP contribution in [0.2, 0.25) is 0 Å². The van der Waals surface area contributed by atoms with Crippen molar-refractivity contribution >= 4 is 15.9 Å². The van der Waals surface area contributed by atoms with Gasteiger partial charge < -0.3 is 9.64 Å². The van der Waals surface area contributed by atoms with Gasteiger partial charge in [0.1, 0.15) is 16.7 Å². The maximum atomic E-state index is 12.9. The van der Waals surface area contributed by atoms with E-state index in [-0.39, 0.29) is 22.9 Å². The van der Waals surface area contributed by atoms with Gasteiger partial charge in [0.05, 0.1) is 12.6 Å². The lowest BCUT2D eigenvalue weighted by Gasteiger charge is -2.28. The maximum Gasteiger partial charge on any atom is 0.246 e. The van der Waals surface area contributed by atoms with Gasteiger partial charge in [-0.15, -0.1) is 0 Å². The van der Waals surface area contributed by atoms with Crippen LogP contribution in [0.4, 0.5) is 0 Å². The summed E-state index contributed by atoms with van der Waals surface area (Å²) in [5.74, 6) is 0.467. The summed E-state index contributed by atoms with van der Waals surface area (Å²) in [6, 6.07) is 6.56. The van der Waals surface area contributed by atoms with Gasteiger partial charge in [-0.05, 0) is 25.0 Å². The van der Waals surface area contributed by atoms with Crippen molar-refractivity contribution in [2.24, 2.45) is 0 Å². The summed E-state index contributed by atoms with van der Waals surface area (Å²) in [6.45, 7) is 1.72. The topological polar surface area (TPSA) is 70.2 Å². The number of hydrogen-bond acceptors (Lipinski definition) is 5. The third kappa shape index (κ3) is 3.51. The van der Waals surface area contributed by atoms with Crippen molar-refractivity contribution in [3.63, 3.8) is 0 Å². The molecule has 7 nitrogen and oxygen atoms in total. The molecule has 138 valence electrons. The maximum absolute atomic E-state index is 12.9. The molecule has 2 atom stereocenters. The zero-order chi connectivity index (χ0) is 18.2. The van der Waals surface area contributed by atoms with E-state index in [0.717, 1.165) is 0 Å². The summed E-state index contributed by atoms with van der Waals surface area (Å²) >= 11 is 0. The third-order valence-electron chi connectivity index (χ3n) is 5.01. The highest BCUT2D eigenvalue weighted by Gasteiger charge is 2.41. The molecule has 0 bridgehead atoms. The molecule has 25 heavy (non-hydrogen) atoms. The van der Waals surface area contributed by atoms with E-state index in [1.165, 1.54) is 4.31 Å². The van der Waals surface area contributed by atoms with Crippen molar-refractivity contribution in [1.29, 1.82) is 0 Å². The molecule has 2 heterocycles. The molecule has 1 saturated heterocycles. The van der Waals surface area contributed by atoms with Crippen LogP contribution in [0.3, 0.4) is 0 Å². The Kier molecular flexibility index (Phi) is 5.04. The standard InChI is InChI=1S/C17H25N3O4S/c1-18(2)17(21)12-20-10-8-13-14(9-11-20)24-15-6-4-5-7-16(15)25(22,23)19(13)3/h4-7,13-14H,8-12H2,1-3H3/t13-,14-/m0/s1. The fourth-order valence-electron chi connectivity index (χ4n) is 3.42. The van der Waals surface area contributed by atoms with Crippen LogP contribution in [0, 0.1) is 0 Å². The molecule has 2 aliphatic rings. The SMILES string of the molecule is CN(C)C(=O)CN1CC[C@@H]2Oc3ccccc3S(=O)(=O)N(C)[C@H]2CC1. The van der Waals surface area contributed by atoms with E-state index < -0.39 is 10.0 Å². The summed E-state index contributed by atoms with van der Waals surface area (Å²) < 4.78 is 33.4. The number of benzene rings is 1. The second-order valence-electron chi connectivity index (χ2n) is 6.83. The molecule has 0 spiro atoms. The number of hydrogen-bond donors (Lipinski definition) is 0. The molecule has 3 rings (SSSR count). The molecule has 0 saturated carbocycles. The second kappa shape index (κ2) is 6.93. The van der Waals surface area contributed by atoms with Gasteiger partial charge in [0.15, 0.2) is 0 Å². The van der Waals surface area contributed by atoms with Crippen LogP contribution in [-0.2, 0) is 14.8 Å². The monoisotopic (exact) mass is 367 g/mol. The number of carbonyl (C=O) groups is 1. The lowest BCUT2D eigenvalue weighted by Crippen LogP contribution is -2.44. The molecule has 2 aliphatic heterocycles. The number of nitrogens with zero attached hydrogens (tertiary/aromatic N) is 3. The smallest absolute Gasteiger partial charge is 0.246 e. The minimum atomic E-state index is -3.58. The minimum Gasteiger partial charge on any atom is -0.487 e. The number of ether oxygens (including phenoxy) is 1. The lowest BCUT2D eigenvalue weighted by atomic mass is 10.1. The molecule has 8 heteroatoms.